The molecule has 3 heteroatoms. The number of hydrogen-bond acceptors (Lipinski definition) is 2. The van der Waals surface area contributed by atoms with E-state index in [0.29, 0.717) is 0 Å². The number of aromatic nitrogens is 2. The Kier molecular flexibility index (Phi) is 2.96. The van der Waals surface area contributed by atoms with Gasteiger partial charge in [0.25, 0.3) is 0 Å². The Balaban J connectivity index is 1.58. The topological polar surface area (TPSA) is 40.7 Å². The predicted molar refractivity (Wildman–Crippen MR) is 64.5 cm³/mol. The fourth-order valence-electron chi connectivity index (χ4n) is 2.81. The first-order valence-electron chi connectivity index (χ1n) is 6.67. The van der Waals surface area contributed by atoms with E-state index in [0.717, 1.165) is 11.8 Å². The summed E-state index contributed by atoms with van der Waals surface area (Å²) < 4.78 is 0. The van der Waals surface area contributed by atoms with Crippen LogP contribution in [0.5, 0.6) is 0 Å². The standard InChI is InChI=1S/C13H21N3/c1-4-11(5-1)13-8-12(15-16-13)7-10-3-2-6-14-9-10/h8,10-11,14H,1-7,9H2,(H,15,16). The third-order valence-corrected chi connectivity index (χ3v) is 4.08. The Morgan fingerprint density at radius 2 is 2.19 bits per heavy atom. The van der Waals surface area contributed by atoms with E-state index in [9.17, 15) is 0 Å². The maximum Gasteiger partial charge on any atom is 0.0655 e. The Hall–Kier alpha value is -0.830. The molecule has 2 heterocycles. The average molecular weight is 219 g/mol. The monoisotopic (exact) mass is 219 g/mol. The predicted octanol–water partition coefficient (Wildman–Crippen LogP) is 2.22. The number of hydrogen-bond donors (Lipinski definition) is 2. The molecule has 1 unspecified atom stereocenters. The highest BCUT2D eigenvalue weighted by molar-refractivity contribution is 5.15. The van der Waals surface area contributed by atoms with Gasteiger partial charge in [0.15, 0.2) is 0 Å². The second kappa shape index (κ2) is 4.58. The number of piperidine rings is 1. The van der Waals surface area contributed by atoms with Crippen LogP contribution in [-0.4, -0.2) is 23.3 Å². The highest BCUT2D eigenvalue weighted by atomic mass is 15.1. The normalized spacial score (nSPS) is 26.6. The molecule has 1 aromatic rings. The number of nitrogens with zero attached hydrogens (tertiary/aromatic N) is 1. The van der Waals surface area contributed by atoms with Gasteiger partial charge in [-0.1, -0.05) is 6.42 Å². The number of nitrogens with one attached hydrogen (secondary N) is 2. The van der Waals surface area contributed by atoms with Crippen molar-refractivity contribution in [1.82, 2.24) is 15.5 Å². The Morgan fingerprint density at radius 3 is 2.88 bits per heavy atom. The summed E-state index contributed by atoms with van der Waals surface area (Å²) in [5, 5.41) is 11.2. The summed E-state index contributed by atoms with van der Waals surface area (Å²) >= 11 is 0. The van der Waals surface area contributed by atoms with Gasteiger partial charge in [0.2, 0.25) is 0 Å². The molecule has 1 saturated heterocycles. The fraction of sp³-hybridized carbons (Fsp3) is 0.769. The van der Waals surface area contributed by atoms with Crippen LogP contribution in [0.3, 0.4) is 0 Å². The quantitative estimate of drug-likeness (QED) is 0.818. The molecule has 1 aliphatic carbocycles. The molecule has 1 atom stereocenters. The number of H-pyrrole nitrogens is 1. The van der Waals surface area contributed by atoms with Gasteiger partial charge in [-0.25, -0.2) is 0 Å². The molecule has 2 aliphatic rings. The lowest BCUT2D eigenvalue weighted by atomic mass is 9.83. The molecule has 1 aromatic heterocycles. The zero-order valence-electron chi connectivity index (χ0n) is 9.84. The van der Waals surface area contributed by atoms with E-state index in [1.807, 2.05) is 0 Å². The number of rotatable bonds is 3. The van der Waals surface area contributed by atoms with Crippen LogP contribution in [-0.2, 0) is 6.42 Å². The zero-order valence-corrected chi connectivity index (χ0v) is 9.84. The third-order valence-electron chi connectivity index (χ3n) is 4.08. The highest BCUT2D eigenvalue weighted by Crippen LogP contribution is 2.35. The smallest absolute Gasteiger partial charge is 0.0655 e. The second-order valence-corrected chi connectivity index (χ2v) is 5.36. The molecule has 0 radical (unpaired) electrons. The van der Waals surface area contributed by atoms with E-state index in [1.165, 1.54) is 63.0 Å². The van der Waals surface area contributed by atoms with Gasteiger partial charge in [0.05, 0.1) is 5.69 Å². The third kappa shape index (κ3) is 2.14. The van der Waals surface area contributed by atoms with Crippen molar-refractivity contribution in [3.8, 4) is 0 Å². The van der Waals surface area contributed by atoms with Gasteiger partial charge in [-0.05, 0) is 57.2 Å². The average Bonchev–Trinajstić information content (AvgIpc) is 2.65. The minimum Gasteiger partial charge on any atom is -0.316 e. The largest absolute Gasteiger partial charge is 0.316 e. The van der Waals surface area contributed by atoms with Crippen LogP contribution in [0.4, 0.5) is 0 Å². The first-order chi connectivity index (χ1) is 7.92. The Morgan fingerprint density at radius 1 is 1.25 bits per heavy atom. The summed E-state index contributed by atoms with van der Waals surface area (Å²) in [5.74, 6) is 1.57. The molecule has 0 aromatic carbocycles. The van der Waals surface area contributed by atoms with Gasteiger partial charge in [0, 0.05) is 11.6 Å². The van der Waals surface area contributed by atoms with Crippen LogP contribution in [0.1, 0.15) is 49.4 Å². The summed E-state index contributed by atoms with van der Waals surface area (Å²) in [5.41, 5.74) is 2.65. The van der Waals surface area contributed by atoms with Crippen molar-refractivity contribution < 1.29 is 0 Å². The molecule has 1 saturated carbocycles. The Labute approximate surface area is 97.0 Å². The zero-order chi connectivity index (χ0) is 10.8. The van der Waals surface area contributed by atoms with Crippen molar-refractivity contribution in [2.75, 3.05) is 13.1 Å². The molecule has 2 fully saturated rings. The second-order valence-electron chi connectivity index (χ2n) is 5.36. The van der Waals surface area contributed by atoms with E-state index >= 15 is 0 Å². The van der Waals surface area contributed by atoms with Crippen LogP contribution in [0, 0.1) is 5.92 Å². The van der Waals surface area contributed by atoms with Gasteiger partial charge in [0.1, 0.15) is 0 Å². The van der Waals surface area contributed by atoms with Gasteiger partial charge in [-0.2, -0.15) is 5.10 Å². The van der Waals surface area contributed by atoms with Gasteiger partial charge in [-0.15, -0.1) is 0 Å². The van der Waals surface area contributed by atoms with Crippen LogP contribution in [0.15, 0.2) is 6.07 Å². The first kappa shape index (κ1) is 10.3. The van der Waals surface area contributed by atoms with E-state index in [1.54, 1.807) is 0 Å². The molecule has 0 spiro atoms. The SMILES string of the molecule is c1c(C2CCC2)n[nH]c1CC1CCCNC1. The van der Waals surface area contributed by atoms with Gasteiger partial charge in [-0.3, -0.25) is 5.10 Å². The van der Waals surface area contributed by atoms with E-state index in [-0.39, 0.29) is 0 Å². The maximum absolute atomic E-state index is 4.46. The summed E-state index contributed by atoms with van der Waals surface area (Å²) in [6.07, 6.45) is 7.94. The summed E-state index contributed by atoms with van der Waals surface area (Å²) in [6, 6.07) is 2.30. The molecule has 2 N–H and O–H groups in total. The fourth-order valence-corrected chi connectivity index (χ4v) is 2.81. The van der Waals surface area contributed by atoms with Crippen molar-refractivity contribution >= 4 is 0 Å². The molecular formula is C13H21N3. The molecule has 3 rings (SSSR count). The first-order valence-corrected chi connectivity index (χ1v) is 6.67. The maximum atomic E-state index is 4.46. The molecule has 3 nitrogen and oxygen atoms in total. The molecule has 0 bridgehead atoms. The van der Waals surface area contributed by atoms with Gasteiger partial charge >= 0.3 is 0 Å². The highest BCUT2D eigenvalue weighted by Gasteiger charge is 2.22. The van der Waals surface area contributed by atoms with Crippen LogP contribution in [0.2, 0.25) is 0 Å². The van der Waals surface area contributed by atoms with E-state index in [4.69, 9.17) is 0 Å². The van der Waals surface area contributed by atoms with Gasteiger partial charge < -0.3 is 5.32 Å². The lowest BCUT2D eigenvalue weighted by Crippen LogP contribution is -2.30. The van der Waals surface area contributed by atoms with Crippen molar-refractivity contribution in [2.24, 2.45) is 5.92 Å². The molecular weight excluding hydrogens is 198 g/mol. The van der Waals surface area contributed by atoms with Crippen molar-refractivity contribution in [1.29, 1.82) is 0 Å². The van der Waals surface area contributed by atoms with Crippen molar-refractivity contribution in [2.45, 2.75) is 44.4 Å². The lowest BCUT2D eigenvalue weighted by molar-refractivity contribution is 0.373. The minimum absolute atomic E-state index is 0.759. The summed E-state index contributed by atoms with van der Waals surface area (Å²) in [4.78, 5) is 0. The molecule has 88 valence electrons. The summed E-state index contributed by atoms with van der Waals surface area (Å²) in [6.45, 7) is 2.38. The van der Waals surface area contributed by atoms with Crippen LogP contribution in [0.25, 0.3) is 0 Å². The van der Waals surface area contributed by atoms with E-state index in [2.05, 4.69) is 21.6 Å². The molecule has 0 amide bonds. The lowest BCUT2D eigenvalue weighted by Gasteiger charge is -2.23. The number of aromatic amines is 1. The van der Waals surface area contributed by atoms with Crippen LogP contribution < -0.4 is 5.32 Å². The minimum atomic E-state index is 0.759. The van der Waals surface area contributed by atoms with Crippen LogP contribution >= 0.6 is 0 Å². The Bertz CT molecular complexity index is 335. The molecule has 16 heavy (non-hydrogen) atoms. The van der Waals surface area contributed by atoms with Crippen molar-refractivity contribution in [3.05, 3.63) is 17.5 Å². The van der Waals surface area contributed by atoms with Crippen molar-refractivity contribution in [3.63, 3.8) is 0 Å². The molecule has 1 aliphatic heterocycles. The summed E-state index contributed by atoms with van der Waals surface area (Å²) in [7, 11) is 0. The van der Waals surface area contributed by atoms with E-state index < -0.39 is 0 Å².